The van der Waals surface area contributed by atoms with Crippen molar-refractivity contribution in [1.29, 1.82) is 0 Å². The van der Waals surface area contributed by atoms with E-state index in [0.717, 1.165) is 5.69 Å². The first-order valence-electron chi connectivity index (χ1n) is 7.55. The van der Waals surface area contributed by atoms with Crippen LogP contribution in [-0.2, 0) is 11.8 Å². The number of nitrogens with one attached hydrogen (secondary N) is 2. The zero-order chi connectivity index (χ0) is 17.4. The molecule has 0 saturated carbocycles. The number of urea groups is 1. The van der Waals surface area contributed by atoms with Gasteiger partial charge in [0.1, 0.15) is 11.4 Å². The Morgan fingerprint density at radius 1 is 1.35 bits per heavy atom. The van der Waals surface area contributed by atoms with Crippen LogP contribution in [0.15, 0.2) is 6.07 Å². The molecular weight excluding hydrogens is 298 g/mol. The molecule has 0 bridgehead atoms. The van der Waals surface area contributed by atoms with Crippen LogP contribution < -0.4 is 10.6 Å². The van der Waals surface area contributed by atoms with Gasteiger partial charge in [-0.05, 0) is 34.6 Å². The average molecular weight is 323 g/mol. The van der Waals surface area contributed by atoms with E-state index in [-0.39, 0.29) is 12.1 Å². The molecule has 3 amide bonds. The van der Waals surface area contributed by atoms with Gasteiger partial charge in [-0.1, -0.05) is 0 Å². The number of ether oxygens (including phenoxy) is 1. The Kier molecular flexibility index (Phi) is 4.28. The van der Waals surface area contributed by atoms with Gasteiger partial charge in [-0.2, -0.15) is 5.10 Å². The first-order valence-corrected chi connectivity index (χ1v) is 7.55. The number of hydrogen-bond donors (Lipinski definition) is 2. The summed E-state index contributed by atoms with van der Waals surface area (Å²) >= 11 is 0. The van der Waals surface area contributed by atoms with E-state index in [1.807, 2.05) is 34.6 Å². The van der Waals surface area contributed by atoms with Crippen LogP contribution in [0.1, 0.15) is 33.4 Å². The smallest absolute Gasteiger partial charge is 0.410 e. The molecule has 8 heteroatoms. The molecule has 0 spiro atoms. The van der Waals surface area contributed by atoms with Crippen LogP contribution in [0.25, 0.3) is 0 Å². The van der Waals surface area contributed by atoms with Gasteiger partial charge in [0.15, 0.2) is 0 Å². The average Bonchev–Trinajstić information content (AvgIpc) is 2.62. The molecule has 2 N–H and O–H groups in total. The number of likely N-dealkylation sites (tertiary alicyclic amines) is 1. The molecule has 23 heavy (non-hydrogen) atoms. The van der Waals surface area contributed by atoms with Gasteiger partial charge in [0, 0.05) is 26.2 Å². The highest BCUT2D eigenvalue weighted by molar-refractivity contribution is 5.89. The fourth-order valence-corrected chi connectivity index (χ4v) is 2.48. The molecule has 1 fully saturated rings. The van der Waals surface area contributed by atoms with Crippen LogP contribution in [0.3, 0.4) is 0 Å². The van der Waals surface area contributed by atoms with E-state index < -0.39 is 11.1 Å². The number of aromatic nitrogens is 2. The largest absolute Gasteiger partial charge is 0.444 e. The highest BCUT2D eigenvalue weighted by Crippen LogP contribution is 2.23. The van der Waals surface area contributed by atoms with Crippen LogP contribution in [-0.4, -0.2) is 51.0 Å². The molecule has 1 saturated heterocycles. The minimum absolute atomic E-state index is 0.320. The van der Waals surface area contributed by atoms with Crippen molar-refractivity contribution in [3.63, 3.8) is 0 Å². The second kappa shape index (κ2) is 5.75. The lowest BCUT2D eigenvalue weighted by Gasteiger charge is -2.47. The van der Waals surface area contributed by atoms with E-state index in [0.29, 0.717) is 18.9 Å². The highest BCUT2D eigenvalue weighted by atomic mass is 16.6. The van der Waals surface area contributed by atoms with E-state index in [4.69, 9.17) is 4.74 Å². The Balaban J connectivity index is 1.84. The lowest BCUT2D eigenvalue weighted by Crippen LogP contribution is -2.70. The predicted molar refractivity (Wildman–Crippen MR) is 86.3 cm³/mol. The summed E-state index contributed by atoms with van der Waals surface area (Å²) in [6.07, 6.45) is -0.362. The van der Waals surface area contributed by atoms with Gasteiger partial charge in [-0.15, -0.1) is 0 Å². The molecule has 1 aliphatic rings. The van der Waals surface area contributed by atoms with Gasteiger partial charge in [0.2, 0.25) is 0 Å². The van der Waals surface area contributed by atoms with E-state index in [1.165, 1.54) is 0 Å². The van der Waals surface area contributed by atoms with Crippen molar-refractivity contribution >= 4 is 17.9 Å². The van der Waals surface area contributed by atoms with Gasteiger partial charge >= 0.3 is 12.1 Å². The maximum Gasteiger partial charge on any atom is 0.410 e. The Bertz CT molecular complexity index is 611. The normalized spacial score (nSPS) is 16.5. The maximum absolute atomic E-state index is 12.1. The molecule has 0 aliphatic carbocycles. The quantitative estimate of drug-likeness (QED) is 0.869. The number of rotatable bonds is 2. The Morgan fingerprint density at radius 3 is 2.43 bits per heavy atom. The Morgan fingerprint density at radius 2 is 1.96 bits per heavy atom. The van der Waals surface area contributed by atoms with Crippen molar-refractivity contribution in [2.45, 2.75) is 45.8 Å². The van der Waals surface area contributed by atoms with E-state index in [2.05, 4.69) is 15.7 Å². The van der Waals surface area contributed by atoms with Crippen molar-refractivity contribution in [2.24, 2.45) is 7.05 Å². The van der Waals surface area contributed by atoms with Gasteiger partial charge in [0.05, 0.1) is 11.2 Å². The Labute approximate surface area is 136 Å². The van der Waals surface area contributed by atoms with E-state index in [9.17, 15) is 9.59 Å². The lowest BCUT2D eigenvalue weighted by atomic mass is 9.93. The molecule has 0 unspecified atom stereocenters. The number of aryl methyl sites for hydroxylation is 2. The zero-order valence-electron chi connectivity index (χ0n) is 14.6. The van der Waals surface area contributed by atoms with Crippen LogP contribution in [0.5, 0.6) is 0 Å². The zero-order valence-corrected chi connectivity index (χ0v) is 14.6. The maximum atomic E-state index is 12.1. The van der Waals surface area contributed by atoms with Crippen LogP contribution in [0.2, 0.25) is 0 Å². The lowest BCUT2D eigenvalue weighted by molar-refractivity contribution is -0.00958. The molecule has 0 aromatic carbocycles. The molecule has 2 heterocycles. The molecule has 1 aromatic rings. The first-order chi connectivity index (χ1) is 10.5. The fourth-order valence-electron chi connectivity index (χ4n) is 2.48. The summed E-state index contributed by atoms with van der Waals surface area (Å²) in [6, 6.07) is 1.47. The monoisotopic (exact) mass is 323 g/mol. The minimum Gasteiger partial charge on any atom is -0.444 e. The Hall–Kier alpha value is -2.25. The summed E-state index contributed by atoms with van der Waals surface area (Å²) in [5, 5.41) is 9.81. The standard InChI is InChI=1S/C15H25N5O3/c1-10-7-11(19(6)18-10)16-12(21)17-15(5)8-20(9-15)13(22)23-14(2,3)4/h7H,8-9H2,1-6H3,(H2,16,17,21). The van der Waals surface area contributed by atoms with Crippen LogP contribution in [0.4, 0.5) is 15.4 Å². The summed E-state index contributed by atoms with van der Waals surface area (Å²) in [5.41, 5.74) is -0.159. The summed E-state index contributed by atoms with van der Waals surface area (Å²) in [5.74, 6) is 0.618. The van der Waals surface area contributed by atoms with Gasteiger partial charge < -0.3 is 15.0 Å². The number of carbonyl (C=O) groups is 2. The van der Waals surface area contributed by atoms with Crippen molar-refractivity contribution in [3.05, 3.63) is 11.8 Å². The molecule has 2 rings (SSSR count). The van der Waals surface area contributed by atoms with E-state index in [1.54, 1.807) is 22.7 Å². The van der Waals surface area contributed by atoms with Crippen LogP contribution >= 0.6 is 0 Å². The number of carbonyl (C=O) groups excluding carboxylic acids is 2. The third-order valence-electron chi connectivity index (χ3n) is 3.39. The molecule has 0 radical (unpaired) electrons. The third kappa shape index (κ3) is 4.37. The summed E-state index contributed by atoms with van der Waals surface area (Å²) in [4.78, 5) is 25.6. The van der Waals surface area contributed by atoms with Crippen molar-refractivity contribution in [2.75, 3.05) is 18.4 Å². The second-order valence-electron chi connectivity index (χ2n) is 7.27. The molecule has 128 valence electrons. The number of hydrogen-bond acceptors (Lipinski definition) is 4. The van der Waals surface area contributed by atoms with Gasteiger partial charge in [-0.25, -0.2) is 9.59 Å². The van der Waals surface area contributed by atoms with Crippen molar-refractivity contribution in [1.82, 2.24) is 20.0 Å². The van der Waals surface area contributed by atoms with Crippen molar-refractivity contribution < 1.29 is 14.3 Å². The predicted octanol–water partition coefficient (Wildman–Crippen LogP) is 1.86. The van der Waals surface area contributed by atoms with Crippen LogP contribution in [0, 0.1) is 6.92 Å². The number of nitrogens with zero attached hydrogens (tertiary/aromatic N) is 3. The molecule has 8 nitrogen and oxygen atoms in total. The number of anilines is 1. The fraction of sp³-hybridized carbons (Fsp3) is 0.667. The summed E-state index contributed by atoms with van der Waals surface area (Å²) in [7, 11) is 1.76. The molecule has 1 aromatic heterocycles. The summed E-state index contributed by atoms with van der Waals surface area (Å²) < 4.78 is 6.90. The minimum atomic E-state index is -0.523. The van der Waals surface area contributed by atoms with Gasteiger partial charge in [0.25, 0.3) is 0 Å². The number of amides is 3. The third-order valence-corrected chi connectivity index (χ3v) is 3.39. The van der Waals surface area contributed by atoms with Crippen molar-refractivity contribution in [3.8, 4) is 0 Å². The topological polar surface area (TPSA) is 88.5 Å². The van der Waals surface area contributed by atoms with Gasteiger partial charge in [-0.3, -0.25) is 10.00 Å². The SMILES string of the molecule is Cc1cc(NC(=O)NC2(C)CN(C(=O)OC(C)(C)C)C2)n(C)n1. The first kappa shape index (κ1) is 17.1. The second-order valence-corrected chi connectivity index (χ2v) is 7.27. The molecule has 1 aliphatic heterocycles. The summed E-state index contributed by atoms with van der Waals surface area (Å²) in [6.45, 7) is 10.1. The van der Waals surface area contributed by atoms with E-state index >= 15 is 0 Å². The molecular formula is C15H25N5O3. The highest BCUT2D eigenvalue weighted by Gasteiger charge is 2.44. The molecule has 0 atom stereocenters.